The Kier molecular flexibility index (Phi) is 5.25. The summed E-state index contributed by atoms with van der Waals surface area (Å²) in [6, 6.07) is 13.8. The molecule has 0 spiro atoms. The zero-order chi connectivity index (χ0) is 13.7. The van der Waals surface area contributed by atoms with Crippen LogP contribution in [0.1, 0.15) is 5.56 Å². The highest BCUT2D eigenvalue weighted by molar-refractivity contribution is 7.99. The molecule has 0 bridgehead atoms. The van der Waals surface area contributed by atoms with Gasteiger partial charge in [0.15, 0.2) is 0 Å². The Balaban J connectivity index is 1.88. The van der Waals surface area contributed by atoms with Crippen molar-refractivity contribution in [2.24, 2.45) is 0 Å². The average molecular weight is 297 g/mol. The lowest BCUT2D eigenvalue weighted by atomic mass is 10.1. The van der Waals surface area contributed by atoms with Crippen molar-refractivity contribution in [1.29, 1.82) is 0 Å². The molecule has 0 aliphatic carbocycles. The normalized spacial score (nSPS) is 12.4. The smallest absolute Gasteiger partial charge is 0.124 e. The zero-order valence-electron chi connectivity index (χ0n) is 10.2. The second-order valence-electron chi connectivity index (χ2n) is 4.22. The third kappa shape index (κ3) is 4.53. The van der Waals surface area contributed by atoms with Crippen LogP contribution in [0.4, 0.5) is 4.39 Å². The van der Waals surface area contributed by atoms with Gasteiger partial charge in [-0.15, -0.1) is 11.8 Å². The van der Waals surface area contributed by atoms with E-state index in [0.717, 1.165) is 10.5 Å². The van der Waals surface area contributed by atoms with Crippen LogP contribution in [-0.2, 0) is 6.42 Å². The van der Waals surface area contributed by atoms with E-state index in [2.05, 4.69) is 0 Å². The van der Waals surface area contributed by atoms with Crippen molar-refractivity contribution in [3.05, 3.63) is 64.9 Å². The van der Waals surface area contributed by atoms with Crippen LogP contribution in [0.2, 0.25) is 5.02 Å². The van der Waals surface area contributed by atoms with Crippen LogP contribution < -0.4 is 0 Å². The number of hydrogen-bond donors (Lipinski definition) is 1. The van der Waals surface area contributed by atoms with Crippen LogP contribution in [0.25, 0.3) is 0 Å². The molecular weight excluding hydrogens is 283 g/mol. The van der Waals surface area contributed by atoms with Gasteiger partial charge in [0.2, 0.25) is 0 Å². The lowest BCUT2D eigenvalue weighted by Gasteiger charge is -2.11. The van der Waals surface area contributed by atoms with Crippen molar-refractivity contribution < 1.29 is 9.50 Å². The predicted octanol–water partition coefficient (Wildman–Crippen LogP) is 4.17. The van der Waals surface area contributed by atoms with Crippen molar-refractivity contribution in [2.45, 2.75) is 17.4 Å². The van der Waals surface area contributed by atoms with Crippen molar-refractivity contribution in [2.75, 3.05) is 5.75 Å². The quantitative estimate of drug-likeness (QED) is 0.836. The van der Waals surface area contributed by atoms with Crippen molar-refractivity contribution in [3.8, 4) is 0 Å². The number of benzene rings is 2. The maximum atomic E-state index is 13.0. The van der Waals surface area contributed by atoms with E-state index in [9.17, 15) is 9.50 Å². The average Bonchev–Trinajstić information content (AvgIpc) is 2.39. The molecule has 1 nitrogen and oxygen atoms in total. The number of thioether (sulfide) groups is 1. The Morgan fingerprint density at radius 3 is 2.68 bits per heavy atom. The van der Waals surface area contributed by atoms with Gasteiger partial charge in [-0.1, -0.05) is 35.9 Å². The van der Waals surface area contributed by atoms with Crippen molar-refractivity contribution in [3.63, 3.8) is 0 Å². The van der Waals surface area contributed by atoms with E-state index in [1.807, 2.05) is 30.3 Å². The van der Waals surface area contributed by atoms with Crippen molar-refractivity contribution in [1.82, 2.24) is 0 Å². The Morgan fingerprint density at radius 2 is 1.95 bits per heavy atom. The molecule has 2 rings (SSSR count). The molecule has 0 heterocycles. The summed E-state index contributed by atoms with van der Waals surface area (Å²) in [5, 5.41) is 10.6. The van der Waals surface area contributed by atoms with E-state index in [1.165, 1.54) is 23.9 Å². The molecular formula is C15H14ClFOS. The van der Waals surface area contributed by atoms with Gasteiger partial charge in [-0.2, -0.15) is 0 Å². The molecule has 1 atom stereocenters. The van der Waals surface area contributed by atoms with Gasteiger partial charge in [-0.3, -0.25) is 0 Å². The predicted molar refractivity (Wildman–Crippen MR) is 78.3 cm³/mol. The fourth-order valence-electron chi connectivity index (χ4n) is 1.73. The molecule has 0 saturated heterocycles. The molecule has 1 unspecified atom stereocenters. The fourth-order valence-corrected chi connectivity index (χ4v) is 2.81. The standard InChI is InChI=1S/C15H14ClFOS/c16-15-7-2-1-4-11(15)8-13(18)10-19-14-6-3-5-12(17)9-14/h1-7,9,13,18H,8,10H2. The first-order valence-electron chi connectivity index (χ1n) is 5.95. The van der Waals surface area contributed by atoms with Gasteiger partial charge in [-0.25, -0.2) is 4.39 Å². The Labute approximate surface area is 121 Å². The summed E-state index contributed by atoms with van der Waals surface area (Å²) in [5.74, 6) is 0.250. The summed E-state index contributed by atoms with van der Waals surface area (Å²) in [7, 11) is 0. The van der Waals surface area contributed by atoms with Gasteiger partial charge < -0.3 is 5.11 Å². The number of halogens is 2. The molecule has 0 aliphatic rings. The second kappa shape index (κ2) is 6.94. The van der Waals surface area contributed by atoms with Gasteiger partial charge in [0.25, 0.3) is 0 Å². The highest BCUT2D eigenvalue weighted by Crippen LogP contribution is 2.22. The summed E-state index contributed by atoms with van der Waals surface area (Å²) in [6.45, 7) is 0. The number of hydrogen-bond acceptors (Lipinski definition) is 2. The summed E-state index contributed by atoms with van der Waals surface area (Å²) in [6.07, 6.45) is -0.00435. The monoisotopic (exact) mass is 296 g/mol. The highest BCUT2D eigenvalue weighted by Gasteiger charge is 2.09. The van der Waals surface area contributed by atoms with Crippen LogP contribution in [-0.4, -0.2) is 17.0 Å². The van der Waals surface area contributed by atoms with Crippen LogP contribution in [0.15, 0.2) is 53.4 Å². The minimum Gasteiger partial charge on any atom is -0.392 e. The Morgan fingerprint density at radius 1 is 1.16 bits per heavy atom. The maximum absolute atomic E-state index is 13.0. The minimum absolute atomic E-state index is 0.259. The third-order valence-corrected chi connectivity index (χ3v) is 4.16. The molecule has 4 heteroatoms. The first-order valence-corrected chi connectivity index (χ1v) is 7.31. The molecule has 0 amide bonds. The summed E-state index contributed by atoms with van der Waals surface area (Å²) in [4.78, 5) is 0.818. The lowest BCUT2D eigenvalue weighted by Crippen LogP contribution is -2.13. The van der Waals surface area contributed by atoms with Gasteiger partial charge in [0.05, 0.1) is 6.10 Å². The van der Waals surface area contributed by atoms with E-state index in [1.54, 1.807) is 6.07 Å². The molecule has 1 N–H and O–H groups in total. The topological polar surface area (TPSA) is 20.2 Å². The summed E-state index contributed by atoms with van der Waals surface area (Å²) >= 11 is 7.47. The molecule has 19 heavy (non-hydrogen) atoms. The summed E-state index contributed by atoms with van der Waals surface area (Å²) in [5.41, 5.74) is 0.927. The number of aliphatic hydroxyl groups excluding tert-OH is 1. The molecule has 0 fully saturated rings. The third-order valence-electron chi connectivity index (χ3n) is 2.65. The minimum atomic E-state index is -0.506. The van der Waals surface area contributed by atoms with E-state index >= 15 is 0 Å². The molecule has 0 aromatic heterocycles. The Hall–Kier alpha value is -1.03. The van der Waals surface area contributed by atoms with E-state index in [0.29, 0.717) is 17.2 Å². The van der Waals surface area contributed by atoms with Crippen molar-refractivity contribution >= 4 is 23.4 Å². The van der Waals surface area contributed by atoms with Gasteiger partial charge in [0.1, 0.15) is 5.82 Å². The zero-order valence-corrected chi connectivity index (χ0v) is 11.8. The first kappa shape index (κ1) is 14.4. The molecule has 0 radical (unpaired) electrons. The fraction of sp³-hybridized carbons (Fsp3) is 0.200. The molecule has 100 valence electrons. The summed E-state index contributed by atoms with van der Waals surface area (Å²) < 4.78 is 13.0. The van der Waals surface area contributed by atoms with E-state index in [4.69, 9.17) is 11.6 Å². The number of aliphatic hydroxyl groups is 1. The molecule has 0 aliphatic heterocycles. The van der Waals surface area contributed by atoms with Gasteiger partial charge in [-0.05, 0) is 29.8 Å². The van der Waals surface area contributed by atoms with Gasteiger partial charge in [0, 0.05) is 22.1 Å². The Bertz CT molecular complexity index is 547. The highest BCUT2D eigenvalue weighted by atomic mass is 35.5. The lowest BCUT2D eigenvalue weighted by molar-refractivity contribution is 0.200. The SMILES string of the molecule is OC(CSc1cccc(F)c1)Cc1ccccc1Cl. The number of rotatable bonds is 5. The first-order chi connectivity index (χ1) is 9.15. The van der Waals surface area contributed by atoms with Crippen LogP contribution in [0, 0.1) is 5.82 Å². The second-order valence-corrected chi connectivity index (χ2v) is 5.72. The van der Waals surface area contributed by atoms with E-state index in [-0.39, 0.29) is 5.82 Å². The largest absolute Gasteiger partial charge is 0.392 e. The molecule has 0 saturated carbocycles. The van der Waals surface area contributed by atoms with Crippen LogP contribution >= 0.6 is 23.4 Å². The molecule has 2 aromatic carbocycles. The maximum Gasteiger partial charge on any atom is 0.124 e. The van der Waals surface area contributed by atoms with Gasteiger partial charge >= 0.3 is 0 Å². The van der Waals surface area contributed by atoms with E-state index < -0.39 is 6.10 Å². The van der Waals surface area contributed by atoms with Crippen LogP contribution in [0.5, 0.6) is 0 Å². The van der Waals surface area contributed by atoms with Crippen LogP contribution in [0.3, 0.4) is 0 Å². The molecule has 2 aromatic rings.